The first kappa shape index (κ1) is 14.9. The van der Waals surface area contributed by atoms with Crippen molar-refractivity contribution in [1.29, 1.82) is 0 Å². The van der Waals surface area contributed by atoms with Crippen molar-refractivity contribution < 1.29 is 26.3 Å². The second-order valence-corrected chi connectivity index (χ2v) is 4.75. The lowest BCUT2D eigenvalue weighted by atomic mass is 9.85. The van der Waals surface area contributed by atoms with Crippen molar-refractivity contribution >= 4 is 0 Å². The summed E-state index contributed by atoms with van der Waals surface area (Å²) in [6.45, 7) is 2.04. The van der Waals surface area contributed by atoms with Crippen molar-refractivity contribution in [2.45, 2.75) is 32.6 Å². The minimum absolute atomic E-state index is 0.227. The summed E-state index contributed by atoms with van der Waals surface area (Å²) in [5.41, 5.74) is -2.60. The summed E-state index contributed by atoms with van der Waals surface area (Å²) in [6.07, 6.45) is -9.22. The molecular weight excluding hydrogens is 258 g/mol. The first-order valence-electron chi connectivity index (χ1n) is 5.16. The SMILES string of the molecule is CC(C)(Cc1ccc(C(F)(F)F)cc1)C(F)(F)F. The van der Waals surface area contributed by atoms with E-state index < -0.39 is 23.3 Å². The molecule has 1 aromatic rings. The zero-order valence-corrected chi connectivity index (χ0v) is 9.78. The van der Waals surface area contributed by atoms with Crippen molar-refractivity contribution in [3.63, 3.8) is 0 Å². The highest BCUT2D eigenvalue weighted by molar-refractivity contribution is 5.25. The largest absolute Gasteiger partial charge is 0.416 e. The van der Waals surface area contributed by atoms with Gasteiger partial charge in [0.25, 0.3) is 0 Å². The summed E-state index contributed by atoms with van der Waals surface area (Å²) in [5, 5.41) is 0. The number of hydrogen-bond acceptors (Lipinski definition) is 0. The molecule has 0 nitrogen and oxygen atoms in total. The van der Waals surface area contributed by atoms with Crippen LogP contribution in [-0.4, -0.2) is 6.18 Å². The molecule has 1 aromatic carbocycles. The van der Waals surface area contributed by atoms with Gasteiger partial charge in [-0.1, -0.05) is 26.0 Å². The molecule has 0 saturated heterocycles. The van der Waals surface area contributed by atoms with E-state index in [4.69, 9.17) is 0 Å². The lowest BCUT2D eigenvalue weighted by Crippen LogP contribution is -2.34. The molecule has 0 aliphatic heterocycles. The molecule has 102 valence electrons. The number of halogens is 6. The van der Waals surface area contributed by atoms with Crippen molar-refractivity contribution in [2.75, 3.05) is 0 Å². The van der Waals surface area contributed by atoms with E-state index >= 15 is 0 Å². The number of benzene rings is 1. The topological polar surface area (TPSA) is 0 Å². The van der Waals surface area contributed by atoms with E-state index in [0.717, 1.165) is 38.1 Å². The Morgan fingerprint density at radius 2 is 1.28 bits per heavy atom. The van der Waals surface area contributed by atoms with Gasteiger partial charge in [-0.15, -0.1) is 0 Å². The Labute approximate surface area is 101 Å². The molecule has 6 heteroatoms. The first-order chi connectivity index (χ1) is 7.93. The summed E-state index contributed by atoms with van der Waals surface area (Å²) in [5.74, 6) is 0. The molecule has 0 amide bonds. The fraction of sp³-hybridized carbons (Fsp3) is 0.500. The van der Waals surface area contributed by atoms with E-state index in [1.54, 1.807) is 0 Å². The highest BCUT2D eigenvalue weighted by Crippen LogP contribution is 2.40. The maximum Gasteiger partial charge on any atom is 0.416 e. The number of alkyl halides is 6. The van der Waals surface area contributed by atoms with E-state index in [0.29, 0.717) is 0 Å². The molecule has 0 radical (unpaired) electrons. The van der Waals surface area contributed by atoms with E-state index in [9.17, 15) is 26.3 Å². The van der Waals surface area contributed by atoms with Gasteiger partial charge in [-0.2, -0.15) is 26.3 Å². The van der Waals surface area contributed by atoms with E-state index in [1.807, 2.05) is 0 Å². The third-order valence-electron chi connectivity index (χ3n) is 2.69. The maximum atomic E-state index is 12.6. The fourth-order valence-corrected chi connectivity index (χ4v) is 1.42. The highest BCUT2D eigenvalue weighted by Gasteiger charge is 2.47. The maximum absolute atomic E-state index is 12.6. The minimum Gasteiger partial charge on any atom is -0.171 e. The van der Waals surface area contributed by atoms with Gasteiger partial charge in [0.05, 0.1) is 11.0 Å². The molecule has 0 fully saturated rings. The molecular formula is C12H12F6. The van der Waals surface area contributed by atoms with Gasteiger partial charge in [0.15, 0.2) is 0 Å². The molecule has 0 atom stereocenters. The van der Waals surface area contributed by atoms with Crippen LogP contribution in [0.25, 0.3) is 0 Å². The van der Waals surface area contributed by atoms with Crippen LogP contribution in [0.4, 0.5) is 26.3 Å². The normalized spacial score (nSPS) is 13.8. The molecule has 0 aliphatic carbocycles. The Morgan fingerprint density at radius 3 is 1.61 bits per heavy atom. The average molecular weight is 270 g/mol. The lowest BCUT2D eigenvalue weighted by Gasteiger charge is -2.27. The zero-order valence-electron chi connectivity index (χ0n) is 9.78. The van der Waals surface area contributed by atoms with Crippen molar-refractivity contribution in [2.24, 2.45) is 5.41 Å². The Kier molecular flexibility index (Phi) is 3.70. The van der Waals surface area contributed by atoms with Gasteiger partial charge < -0.3 is 0 Å². The molecule has 0 bridgehead atoms. The first-order valence-corrected chi connectivity index (χ1v) is 5.16. The van der Waals surface area contributed by atoms with Gasteiger partial charge in [0.1, 0.15) is 0 Å². The standard InChI is InChI=1S/C12H12F6/c1-10(2,12(16,17)18)7-8-3-5-9(6-4-8)11(13,14)15/h3-6H,7H2,1-2H3. The molecule has 0 aromatic heterocycles. The molecule has 18 heavy (non-hydrogen) atoms. The van der Waals surface area contributed by atoms with Crippen LogP contribution in [0.5, 0.6) is 0 Å². The van der Waals surface area contributed by atoms with Crippen LogP contribution in [0.1, 0.15) is 25.0 Å². The van der Waals surface area contributed by atoms with Crippen LogP contribution in [0, 0.1) is 5.41 Å². The van der Waals surface area contributed by atoms with E-state index in [2.05, 4.69) is 0 Å². The summed E-state index contributed by atoms with van der Waals surface area (Å²) in [4.78, 5) is 0. The molecule has 0 aliphatic rings. The number of hydrogen-bond donors (Lipinski definition) is 0. The van der Waals surface area contributed by atoms with Crippen LogP contribution in [0.2, 0.25) is 0 Å². The molecule has 0 spiro atoms. The van der Waals surface area contributed by atoms with Gasteiger partial charge in [0, 0.05) is 0 Å². The third kappa shape index (κ3) is 3.40. The molecule has 0 unspecified atom stereocenters. The zero-order chi connectivity index (χ0) is 14.2. The van der Waals surface area contributed by atoms with Crippen LogP contribution >= 0.6 is 0 Å². The van der Waals surface area contributed by atoms with Crippen LogP contribution in [-0.2, 0) is 12.6 Å². The van der Waals surface area contributed by atoms with E-state index in [1.165, 1.54) is 0 Å². The van der Waals surface area contributed by atoms with Gasteiger partial charge in [-0.25, -0.2) is 0 Å². The van der Waals surface area contributed by atoms with Crippen LogP contribution in [0.3, 0.4) is 0 Å². The summed E-state index contributed by atoms with van der Waals surface area (Å²) < 4.78 is 74.6. The van der Waals surface area contributed by atoms with E-state index in [-0.39, 0.29) is 12.0 Å². The molecule has 1 rings (SSSR count). The Hall–Kier alpha value is -1.20. The Bertz CT molecular complexity index is 396. The highest BCUT2D eigenvalue weighted by atomic mass is 19.4. The Morgan fingerprint density at radius 1 is 0.833 bits per heavy atom. The van der Waals surface area contributed by atoms with Crippen LogP contribution in [0.15, 0.2) is 24.3 Å². The summed E-state index contributed by atoms with van der Waals surface area (Å²) >= 11 is 0. The fourth-order valence-electron chi connectivity index (χ4n) is 1.42. The lowest BCUT2D eigenvalue weighted by molar-refractivity contribution is -0.211. The monoisotopic (exact) mass is 270 g/mol. The van der Waals surface area contributed by atoms with Crippen molar-refractivity contribution in [1.82, 2.24) is 0 Å². The van der Waals surface area contributed by atoms with Crippen LogP contribution < -0.4 is 0 Å². The summed E-state index contributed by atoms with van der Waals surface area (Å²) in [6, 6.07) is 3.75. The predicted molar refractivity (Wildman–Crippen MR) is 55.0 cm³/mol. The van der Waals surface area contributed by atoms with Crippen molar-refractivity contribution in [3.05, 3.63) is 35.4 Å². The molecule has 0 saturated carbocycles. The van der Waals surface area contributed by atoms with Gasteiger partial charge >= 0.3 is 12.4 Å². The minimum atomic E-state index is -4.47. The smallest absolute Gasteiger partial charge is 0.171 e. The van der Waals surface area contributed by atoms with Gasteiger partial charge in [0.2, 0.25) is 0 Å². The average Bonchev–Trinajstić information content (AvgIpc) is 2.14. The molecule has 0 heterocycles. The second kappa shape index (κ2) is 4.48. The summed E-state index contributed by atoms with van der Waals surface area (Å²) in [7, 11) is 0. The second-order valence-electron chi connectivity index (χ2n) is 4.75. The third-order valence-corrected chi connectivity index (χ3v) is 2.69. The number of rotatable bonds is 2. The predicted octanol–water partition coefficient (Wildman–Crippen LogP) is 4.84. The van der Waals surface area contributed by atoms with Crippen molar-refractivity contribution in [3.8, 4) is 0 Å². The quantitative estimate of drug-likeness (QED) is 0.675. The van der Waals surface area contributed by atoms with Gasteiger partial charge in [-0.3, -0.25) is 0 Å². The Balaban J connectivity index is 2.89. The van der Waals surface area contributed by atoms with Gasteiger partial charge in [-0.05, 0) is 24.1 Å². The molecule has 0 N–H and O–H groups in total.